The van der Waals surface area contributed by atoms with Crippen LogP contribution in [0.1, 0.15) is 20.8 Å². The molecule has 2 aromatic rings. The van der Waals surface area contributed by atoms with E-state index in [1.165, 1.54) is 10.4 Å². The summed E-state index contributed by atoms with van der Waals surface area (Å²) in [6.45, 7) is 10.0. The molecule has 1 aliphatic rings. The summed E-state index contributed by atoms with van der Waals surface area (Å²) in [5.74, 6) is 0.650. The third-order valence-electron chi connectivity index (χ3n) is 4.82. The Morgan fingerprint density at radius 1 is 0.917 bits per heavy atom. The Bertz CT molecular complexity index is 584. The highest BCUT2D eigenvalue weighted by Crippen LogP contribution is 2.37. The third kappa shape index (κ3) is 3.59. The SMILES string of the molecule is CC(C)(C)[Si](OCC1CNC1)(c1ccccc1)c1ccccc1.Cl. The molecule has 2 nitrogen and oxygen atoms in total. The summed E-state index contributed by atoms with van der Waals surface area (Å²) in [5.41, 5.74) is 0. The van der Waals surface area contributed by atoms with Crippen LogP contribution in [0.15, 0.2) is 60.7 Å². The Morgan fingerprint density at radius 2 is 1.38 bits per heavy atom. The highest BCUT2D eigenvalue weighted by molar-refractivity contribution is 6.99. The van der Waals surface area contributed by atoms with Crippen LogP contribution >= 0.6 is 12.4 Å². The van der Waals surface area contributed by atoms with Crippen molar-refractivity contribution in [3.8, 4) is 0 Å². The molecule has 0 aromatic heterocycles. The van der Waals surface area contributed by atoms with E-state index in [1.54, 1.807) is 0 Å². The molecule has 1 fully saturated rings. The molecule has 1 N–H and O–H groups in total. The largest absolute Gasteiger partial charge is 0.407 e. The van der Waals surface area contributed by atoms with E-state index >= 15 is 0 Å². The third-order valence-corrected chi connectivity index (χ3v) is 9.82. The molecular formula is C20H28ClNOSi. The molecule has 0 aliphatic carbocycles. The van der Waals surface area contributed by atoms with Crippen LogP contribution in [0.5, 0.6) is 0 Å². The van der Waals surface area contributed by atoms with Crippen molar-refractivity contribution >= 4 is 31.1 Å². The van der Waals surface area contributed by atoms with Gasteiger partial charge in [-0.05, 0) is 15.4 Å². The van der Waals surface area contributed by atoms with E-state index < -0.39 is 8.32 Å². The fourth-order valence-electron chi connectivity index (χ4n) is 3.47. The lowest BCUT2D eigenvalue weighted by atomic mass is 10.1. The number of hydrogen-bond donors (Lipinski definition) is 1. The zero-order valence-electron chi connectivity index (χ0n) is 14.8. The van der Waals surface area contributed by atoms with Crippen molar-refractivity contribution in [1.29, 1.82) is 0 Å². The predicted molar refractivity (Wildman–Crippen MR) is 107 cm³/mol. The van der Waals surface area contributed by atoms with Crippen molar-refractivity contribution in [1.82, 2.24) is 5.32 Å². The molecule has 24 heavy (non-hydrogen) atoms. The van der Waals surface area contributed by atoms with E-state index in [4.69, 9.17) is 4.43 Å². The quantitative estimate of drug-likeness (QED) is 0.826. The van der Waals surface area contributed by atoms with Gasteiger partial charge in [0.1, 0.15) is 0 Å². The molecule has 1 aliphatic heterocycles. The van der Waals surface area contributed by atoms with Crippen LogP contribution in [0.4, 0.5) is 0 Å². The lowest BCUT2D eigenvalue weighted by molar-refractivity contribution is 0.189. The summed E-state index contributed by atoms with van der Waals surface area (Å²) in [6.07, 6.45) is 0. The minimum absolute atomic E-state index is 0. The first kappa shape index (κ1) is 19.2. The van der Waals surface area contributed by atoms with Gasteiger partial charge < -0.3 is 9.74 Å². The second-order valence-electron chi connectivity index (χ2n) is 7.50. The monoisotopic (exact) mass is 361 g/mol. The van der Waals surface area contributed by atoms with Crippen LogP contribution < -0.4 is 15.7 Å². The molecule has 4 heteroatoms. The summed E-state index contributed by atoms with van der Waals surface area (Å²) < 4.78 is 6.87. The van der Waals surface area contributed by atoms with Gasteiger partial charge in [0.2, 0.25) is 0 Å². The molecular weight excluding hydrogens is 334 g/mol. The van der Waals surface area contributed by atoms with Crippen molar-refractivity contribution in [2.75, 3.05) is 19.7 Å². The zero-order chi connectivity index (χ0) is 16.3. The van der Waals surface area contributed by atoms with Crippen molar-refractivity contribution < 1.29 is 4.43 Å². The predicted octanol–water partition coefficient (Wildman–Crippen LogP) is 3.20. The molecule has 0 spiro atoms. The number of nitrogens with one attached hydrogen (secondary N) is 1. The first-order valence-electron chi connectivity index (χ1n) is 8.50. The molecule has 1 heterocycles. The van der Waals surface area contributed by atoms with Crippen molar-refractivity contribution in [2.24, 2.45) is 5.92 Å². The van der Waals surface area contributed by atoms with E-state index in [-0.39, 0.29) is 17.4 Å². The Balaban J connectivity index is 0.00000208. The molecule has 0 bridgehead atoms. The Kier molecular flexibility index (Phi) is 6.26. The zero-order valence-corrected chi connectivity index (χ0v) is 16.6. The second kappa shape index (κ2) is 7.83. The second-order valence-corrected chi connectivity index (χ2v) is 11.8. The van der Waals surface area contributed by atoms with Crippen LogP contribution in [-0.4, -0.2) is 28.0 Å². The Labute approximate surface area is 153 Å². The smallest absolute Gasteiger partial charge is 0.261 e. The maximum atomic E-state index is 6.87. The average Bonchev–Trinajstić information content (AvgIpc) is 2.50. The molecule has 2 aromatic carbocycles. The number of rotatable bonds is 5. The molecule has 0 unspecified atom stereocenters. The number of benzene rings is 2. The average molecular weight is 362 g/mol. The van der Waals surface area contributed by atoms with Gasteiger partial charge >= 0.3 is 0 Å². The Hall–Kier alpha value is -1.13. The van der Waals surface area contributed by atoms with Crippen LogP contribution in [0, 0.1) is 5.92 Å². The van der Waals surface area contributed by atoms with Gasteiger partial charge in [0.25, 0.3) is 8.32 Å². The highest BCUT2D eigenvalue weighted by Gasteiger charge is 2.50. The summed E-state index contributed by atoms with van der Waals surface area (Å²) in [7, 11) is -2.32. The molecule has 130 valence electrons. The molecule has 0 amide bonds. The van der Waals surface area contributed by atoms with Crippen LogP contribution in [0.2, 0.25) is 5.04 Å². The van der Waals surface area contributed by atoms with Crippen molar-refractivity contribution in [2.45, 2.75) is 25.8 Å². The van der Waals surface area contributed by atoms with Crippen LogP contribution in [-0.2, 0) is 4.43 Å². The van der Waals surface area contributed by atoms with Crippen molar-refractivity contribution in [3.05, 3.63) is 60.7 Å². The van der Waals surface area contributed by atoms with E-state index in [2.05, 4.69) is 86.8 Å². The summed E-state index contributed by atoms with van der Waals surface area (Å²) >= 11 is 0. The van der Waals surface area contributed by atoms with Gasteiger partial charge in [0, 0.05) is 25.6 Å². The topological polar surface area (TPSA) is 21.3 Å². The van der Waals surface area contributed by atoms with Crippen LogP contribution in [0.25, 0.3) is 0 Å². The van der Waals surface area contributed by atoms with Crippen LogP contribution in [0.3, 0.4) is 0 Å². The molecule has 0 saturated carbocycles. The maximum absolute atomic E-state index is 6.87. The summed E-state index contributed by atoms with van der Waals surface area (Å²) in [5, 5.41) is 6.16. The van der Waals surface area contributed by atoms with E-state index in [1.807, 2.05) is 0 Å². The summed E-state index contributed by atoms with van der Waals surface area (Å²) in [4.78, 5) is 0. The van der Waals surface area contributed by atoms with Gasteiger partial charge in [-0.3, -0.25) is 0 Å². The van der Waals surface area contributed by atoms with Gasteiger partial charge in [-0.2, -0.15) is 0 Å². The van der Waals surface area contributed by atoms with Gasteiger partial charge in [-0.1, -0.05) is 81.4 Å². The molecule has 3 rings (SSSR count). The molecule has 1 saturated heterocycles. The van der Waals surface area contributed by atoms with Gasteiger partial charge in [-0.25, -0.2) is 0 Å². The van der Waals surface area contributed by atoms with Gasteiger partial charge in [0.15, 0.2) is 0 Å². The minimum Gasteiger partial charge on any atom is -0.407 e. The molecule has 0 radical (unpaired) electrons. The van der Waals surface area contributed by atoms with Gasteiger partial charge in [0.05, 0.1) is 0 Å². The number of hydrogen-bond acceptors (Lipinski definition) is 2. The fourth-order valence-corrected chi connectivity index (χ4v) is 8.11. The number of halogens is 1. The van der Waals surface area contributed by atoms with E-state index in [9.17, 15) is 0 Å². The van der Waals surface area contributed by atoms with E-state index in [0.29, 0.717) is 5.92 Å². The maximum Gasteiger partial charge on any atom is 0.261 e. The fraction of sp³-hybridized carbons (Fsp3) is 0.400. The normalized spacial score (nSPS) is 15.5. The minimum atomic E-state index is -2.32. The Morgan fingerprint density at radius 3 is 1.71 bits per heavy atom. The lowest BCUT2D eigenvalue weighted by Gasteiger charge is -2.44. The molecule has 0 atom stereocenters. The van der Waals surface area contributed by atoms with Crippen molar-refractivity contribution in [3.63, 3.8) is 0 Å². The first-order chi connectivity index (χ1) is 11.0. The highest BCUT2D eigenvalue weighted by atomic mass is 35.5. The van der Waals surface area contributed by atoms with Gasteiger partial charge in [-0.15, -0.1) is 12.4 Å². The summed E-state index contributed by atoms with van der Waals surface area (Å²) in [6, 6.07) is 21.7. The standard InChI is InChI=1S/C20H27NOSi.ClH/c1-20(2,3)23(18-10-6-4-7-11-18,19-12-8-5-9-13-19)22-16-17-14-21-15-17;/h4-13,17,21H,14-16H2,1-3H3;1H. The first-order valence-corrected chi connectivity index (χ1v) is 10.4. The lowest BCUT2D eigenvalue weighted by Crippen LogP contribution is -2.67. The van der Waals surface area contributed by atoms with E-state index in [0.717, 1.165) is 19.7 Å².